The predicted molar refractivity (Wildman–Crippen MR) is 188 cm³/mol. The Bertz CT molecular complexity index is 2540. The molecule has 0 bridgehead atoms. The minimum atomic E-state index is -4.44. The first kappa shape index (κ1) is 33.2. The maximum Gasteiger partial charge on any atom is 0.294 e. The van der Waals surface area contributed by atoms with E-state index in [9.17, 15) is 25.9 Å². The van der Waals surface area contributed by atoms with Crippen LogP contribution < -0.4 is 16.2 Å². The first-order valence-corrected chi connectivity index (χ1v) is 17.5. The van der Waals surface area contributed by atoms with Gasteiger partial charge in [0.15, 0.2) is 0 Å². The van der Waals surface area contributed by atoms with Crippen LogP contribution in [0.25, 0.3) is 32.7 Å². The van der Waals surface area contributed by atoms with E-state index in [0.29, 0.717) is 56.7 Å². The molecule has 0 saturated heterocycles. The van der Waals surface area contributed by atoms with Crippen LogP contribution in [0.15, 0.2) is 133 Å². The molecule has 0 aliphatic carbocycles. The zero-order chi connectivity index (χ0) is 34.9. The third-order valence-electron chi connectivity index (χ3n) is 7.57. The summed E-state index contributed by atoms with van der Waals surface area (Å²) in [4.78, 5) is -0.526. The van der Waals surface area contributed by atoms with Gasteiger partial charge >= 0.3 is 0 Å². The quantitative estimate of drug-likeness (QED) is 0.0645. The van der Waals surface area contributed by atoms with Crippen molar-refractivity contribution in [1.29, 1.82) is 0 Å². The summed E-state index contributed by atoms with van der Waals surface area (Å²) in [5.41, 5.74) is 16.2. The van der Waals surface area contributed by atoms with Crippen molar-refractivity contribution >= 4 is 75.9 Å². The van der Waals surface area contributed by atoms with Crippen molar-refractivity contribution in [2.75, 3.05) is 18.1 Å². The van der Waals surface area contributed by atoms with Gasteiger partial charge in [-0.3, -0.25) is 9.11 Å². The molecule has 0 saturated carbocycles. The van der Waals surface area contributed by atoms with Crippen LogP contribution in [0.4, 0.5) is 34.1 Å². The zero-order valence-corrected chi connectivity index (χ0v) is 27.4. The van der Waals surface area contributed by atoms with Crippen LogP contribution in [0.3, 0.4) is 0 Å². The molecule has 0 heterocycles. The molecular weight excluding hydrogens is 669 g/mol. The van der Waals surface area contributed by atoms with Crippen LogP contribution in [0.5, 0.6) is 5.75 Å². The van der Waals surface area contributed by atoms with Gasteiger partial charge in [0, 0.05) is 10.8 Å². The molecule has 248 valence electrons. The molecule has 15 heteroatoms. The Morgan fingerprint density at radius 1 is 0.592 bits per heavy atom. The average Bonchev–Trinajstić information content (AvgIpc) is 3.07. The molecule has 49 heavy (non-hydrogen) atoms. The number of anilines is 2. The second-order valence-corrected chi connectivity index (χ2v) is 13.6. The molecule has 6 N–H and O–H groups in total. The van der Waals surface area contributed by atoms with Crippen molar-refractivity contribution in [2.24, 2.45) is 20.5 Å². The normalized spacial score (nSPS) is 12.4. The van der Waals surface area contributed by atoms with E-state index < -0.39 is 20.2 Å². The van der Waals surface area contributed by atoms with E-state index in [-0.39, 0.29) is 21.2 Å². The maximum absolute atomic E-state index is 11.7. The molecule has 0 aliphatic heterocycles. The molecule has 0 fully saturated rings. The summed E-state index contributed by atoms with van der Waals surface area (Å²) in [5.74, 6) is 0.452. The number of benzene rings is 6. The fourth-order valence-corrected chi connectivity index (χ4v) is 6.15. The number of hydrogen-bond donors (Lipinski definition) is 4. The first-order chi connectivity index (χ1) is 23.3. The van der Waals surface area contributed by atoms with Crippen LogP contribution in [0, 0.1) is 0 Å². The van der Waals surface area contributed by atoms with E-state index in [2.05, 4.69) is 20.5 Å². The second kappa shape index (κ2) is 13.0. The lowest BCUT2D eigenvalue weighted by molar-refractivity contribution is 0.341. The van der Waals surface area contributed by atoms with Gasteiger partial charge in [0.2, 0.25) is 0 Å². The number of nitrogen functional groups attached to an aromatic ring is 2. The van der Waals surface area contributed by atoms with Gasteiger partial charge in [-0.15, -0.1) is 15.3 Å². The van der Waals surface area contributed by atoms with E-state index in [4.69, 9.17) is 16.2 Å². The molecule has 6 aromatic carbocycles. The van der Waals surface area contributed by atoms with Gasteiger partial charge < -0.3 is 16.2 Å². The number of rotatable bonds is 9. The highest BCUT2D eigenvalue weighted by Gasteiger charge is 2.15. The summed E-state index contributed by atoms with van der Waals surface area (Å²) in [6, 6.07) is 27.5. The summed E-state index contributed by atoms with van der Waals surface area (Å²) < 4.78 is 71.3. The average molecular weight is 697 g/mol. The number of hydrogen-bond acceptors (Lipinski definition) is 11. The summed E-state index contributed by atoms with van der Waals surface area (Å²) in [6.07, 6.45) is 0. The van der Waals surface area contributed by atoms with Gasteiger partial charge in [0.25, 0.3) is 20.2 Å². The molecule has 0 aliphatic rings. The van der Waals surface area contributed by atoms with Crippen molar-refractivity contribution in [3.63, 3.8) is 0 Å². The molecule has 0 aromatic heterocycles. The summed E-state index contributed by atoms with van der Waals surface area (Å²) in [6.45, 7) is 2.19. The number of fused-ring (bicyclic) bond motifs is 2. The van der Waals surface area contributed by atoms with Gasteiger partial charge in [-0.1, -0.05) is 42.5 Å². The van der Waals surface area contributed by atoms with Crippen molar-refractivity contribution in [3.05, 3.63) is 103 Å². The number of ether oxygens (including phenoxy) is 1. The molecule has 0 atom stereocenters. The second-order valence-electron chi connectivity index (χ2n) is 10.8. The van der Waals surface area contributed by atoms with Gasteiger partial charge in [0.1, 0.15) is 22.8 Å². The minimum absolute atomic E-state index is 0.238. The van der Waals surface area contributed by atoms with Crippen LogP contribution in [-0.2, 0) is 20.2 Å². The summed E-state index contributed by atoms with van der Waals surface area (Å²) in [7, 11) is -8.81. The third-order valence-corrected chi connectivity index (χ3v) is 9.27. The Labute approximate surface area is 281 Å². The first-order valence-electron chi connectivity index (χ1n) is 14.6. The van der Waals surface area contributed by atoms with Crippen molar-refractivity contribution < 1.29 is 30.7 Å². The molecule has 6 rings (SSSR count). The Morgan fingerprint density at radius 2 is 1.16 bits per heavy atom. The number of nitrogens with zero attached hydrogens (tertiary/aromatic N) is 4. The molecule has 0 unspecified atom stereocenters. The molecule has 0 radical (unpaired) electrons. The Balaban J connectivity index is 1.27. The highest BCUT2D eigenvalue weighted by atomic mass is 32.2. The highest BCUT2D eigenvalue weighted by molar-refractivity contribution is 7.86. The number of nitrogens with two attached hydrogens (primary N) is 2. The molecular formula is C34H28N6O7S2. The Morgan fingerprint density at radius 3 is 1.84 bits per heavy atom. The van der Waals surface area contributed by atoms with Gasteiger partial charge in [-0.2, -0.15) is 21.9 Å². The smallest absolute Gasteiger partial charge is 0.294 e. The fraction of sp³-hybridized carbons (Fsp3) is 0.0588. The molecule has 0 amide bonds. The van der Waals surface area contributed by atoms with Crippen LogP contribution in [-0.4, -0.2) is 32.5 Å². The topological polar surface area (TPSA) is 219 Å². The largest absolute Gasteiger partial charge is 0.492 e. The van der Waals surface area contributed by atoms with Gasteiger partial charge in [-0.25, -0.2) is 0 Å². The predicted octanol–water partition coefficient (Wildman–Crippen LogP) is 8.55. The lowest BCUT2D eigenvalue weighted by Gasteiger charge is -2.10. The van der Waals surface area contributed by atoms with Crippen LogP contribution in [0.2, 0.25) is 0 Å². The molecule has 6 aromatic rings. The Kier molecular flexibility index (Phi) is 8.83. The van der Waals surface area contributed by atoms with E-state index in [1.54, 1.807) is 48.5 Å². The zero-order valence-electron chi connectivity index (χ0n) is 25.7. The van der Waals surface area contributed by atoms with E-state index in [0.717, 1.165) is 11.1 Å². The fourth-order valence-electron chi connectivity index (χ4n) is 5.13. The van der Waals surface area contributed by atoms with E-state index in [1.165, 1.54) is 30.3 Å². The monoisotopic (exact) mass is 696 g/mol. The highest BCUT2D eigenvalue weighted by Crippen LogP contribution is 2.39. The molecule has 0 spiro atoms. The maximum atomic E-state index is 11.7. The lowest BCUT2D eigenvalue weighted by Crippen LogP contribution is -1.97. The van der Waals surface area contributed by atoms with Gasteiger partial charge in [0.05, 0.1) is 33.5 Å². The van der Waals surface area contributed by atoms with Crippen LogP contribution in [0.1, 0.15) is 6.92 Å². The van der Waals surface area contributed by atoms with Crippen molar-refractivity contribution in [1.82, 2.24) is 0 Å². The minimum Gasteiger partial charge on any atom is -0.492 e. The standard InChI is InChI=1S/C34H28N6O7S2/c1-2-47-32-18-22(8-16-31(32)38-40-34-28-19-26(49(44,45)46)11-5-21(28)6-14-30(34)36)20-3-9-24(10-4-20)37-39-33-27-13-12-25(48(41,42)43)17-23(27)7-15-29(33)35/h3-19H,2,35-36H2,1H3,(H,41,42,43)(H,44,45,46). The third kappa shape index (κ3) is 7.09. The van der Waals surface area contributed by atoms with Crippen LogP contribution >= 0.6 is 0 Å². The van der Waals surface area contributed by atoms with Gasteiger partial charge in [-0.05, 0) is 89.5 Å². The van der Waals surface area contributed by atoms with Crippen molar-refractivity contribution in [2.45, 2.75) is 16.7 Å². The molecule has 13 nitrogen and oxygen atoms in total. The van der Waals surface area contributed by atoms with E-state index >= 15 is 0 Å². The SMILES string of the molecule is CCOc1cc(-c2ccc(N=Nc3c(N)ccc4cc(S(=O)(=O)O)ccc34)cc2)ccc1N=Nc1c(N)ccc2ccc(S(=O)(=O)O)cc12. The van der Waals surface area contributed by atoms with Crippen molar-refractivity contribution in [3.8, 4) is 16.9 Å². The lowest BCUT2D eigenvalue weighted by atomic mass is 10.0. The Hall–Kier alpha value is -5.74. The summed E-state index contributed by atoms with van der Waals surface area (Å²) in [5, 5.41) is 19.5. The summed E-state index contributed by atoms with van der Waals surface area (Å²) >= 11 is 0. The number of azo groups is 2. The van der Waals surface area contributed by atoms with E-state index in [1.807, 2.05) is 31.2 Å².